The molecule has 1 saturated heterocycles. The summed E-state index contributed by atoms with van der Waals surface area (Å²) in [5.74, 6) is -1.07. The Balaban J connectivity index is 0.00000137. The number of amides is 2. The Morgan fingerprint density at radius 2 is 1.60 bits per heavy atom. The molecule has 0 aliphatic carbocycles. The molecule has 2 amide bonds. The van der Waals surface area contributed by atoms with Crippen LogP contribution in [0.1, 0.15) is 39.8 Å². The fraction of sp³-hybridized carbons (Fsp3) is 0.533. The van der Waals surface area contributed by atoms with Crippen LogP contribution in [0.15, 0.2) is 49.1 Å². The third-order valence-electron chi connectivity index (χ3n) is 7.72. The number of carbonyl (C=O) groups excluding carboxylic acids is 3. The number of imidazole rings is 1. The normalized spacial score (nSPS) is 20.9. The van der Waals surface area contributed by atoms with E-state index in [0.717, 1.165) is 29.0 Å². The largest absolute Gasteiger partial charge is 0.481 e. The lowest BCUT2D eigenvalue weighted by Crippen LogP contribution is -2.46. The fourth-order valence-corrected chi connectivity index (χ4v) is 8.25. The summed E-state index contributed by atoms with van der Waals surface area (Å²) in [4.78, 5) is 86.4. The number of aliphatic hydroxyl groups is 2. The molecule has 1 aliphatic heterocycles. The summed E-state index contributed by atoms with van der Waals surface area (Å²) in [5, 5.41) is 26.2. The van der Waals surface area contributed by atoms with Gasteiger partial charge >= 0.3 is 23.5 Å². The van der Waals surface area contributed by atoms with Crippen molar-refractivity contribution in [2.75, 3.05) is 37.8 Å². The second-order valence-electron chi connectivity index (χ2n) is 12.8. The molecule has 2 aromatic heterocycles. The molecule has 0 bridgehead atoms. The van der Waals surface area contributed by atoms with Gasteiger partial charge in [-0.15, -0.1) is 0 Å². The first-order valence-corrected chi connectivity index (χ1v) is 22.6. The number of carbonyl (C=O) groups is 3. The van der Waals surface area contributed by atoms with Crippen LogP contribution >= 0.6 is 35.2 Å². The molecular formula is C30H46N7O17P3S. The lowest BCUT2D eigenvalue weighted by atomic mass is 9.87. The van der Waals surface area contributed by atoms with E-state index in [1.807, 2.05) is 36.4 Å². The number of thioether (sulfide) groups is 1. The second-order valence-corrected chi connectivity index (χ2v) is 18.2. The minimum atomic E-state index is -5.56. The van der Waals surface area contributed by atoms with Gasteiger partial charge in [0.05, 0.1) is 19.5 Å². The topological polar surface area (TPSA) is 364 Å². The Kier molecular flexibility index (Phi) is 18.5. The number of anilines is 1. The van der Waals surface area contributed by atoms with Crippen LogP contribution < -0.4 is 16.4 Å². The minimum Gasteiger partial charge on any atom is -0.386 e. The summed E-state index contributed by atoms with van der Waals surface area (Å²) in [7, 11) is -16.4. The Bertz CT molecular complexity index is 1950. The standard InChI is InChI=1S/C24H40N7O17P3S.C6H6/c1-4-15(33)52-8-7-26-14(32)5-6-27-22(36)19(35)24(2,3)10-45-51(42,43)48-50(40,41)44-9-13-18(47-49(37,38)39)17(34)23(46-13)31-12-30-16-20(25)28-11-29-21(16)31;1-2-4-6-5-3-1/h11-13,17-19,23,34-35H,4-10H2,1-3H3,(H,26,32)(H,27,36)(H,40,41)(H,42,43)(H2,25,28,29)(H2,37,38,39);1-6H/t13-,17-,18-,19?,23-;/m1./s1. The van der Waals surface area contributed by atoms with Gasteiger partial charge in [0.2, 0.25) is 11.8 Å². The van der Waals surface area contributed by atoms with Crippen molar-refractivity contribution in [3.8, 4) is 0 Å². The van der Waals surface area contributed by atoms with Gasteiger partial charge in [0.25, 0.3) is 0 Å². The summed E-state index contributed by atoms with van der Waals surface area (Å²) in [6, 6.07) is 12.0. The van der Waals surface area contributed by atoms with Crippen LogP contribution in [0, 0.1) is 5.41 Å². The third kappa shape index (κ3) is 15.8. The number of nitrogens with one attached hydrogen (secondary N) is 2. The molecule has 7 atom stereocenters. The van der Waals surface area contributed by atoms with Crippen molar-refractivity contribution in [2.24, 2.45) is 5.41 Å². The van der Waals surface area contributed by atoms with Crippen LogP contribution in [-0.2, 0) is 50.7 Å². The molecule has 4 rings (SSSR count). The van der Waals surface area contributed by atoms with Gasteiger partial charge in [0.1, 0.15) is 36.3 Å². The number of nitrogens with zero attached hydrogens (tertiary/aromatic N) is 4. The lowest BCUT2D eigenvalue weighted by Gasteiger charge is -2.30. The summed E-state index contributed by atoms with van der Waals surface area (Å²) in [6.45, 7) is 2.24. The number of rotatable bonds is 20. The third-order valence-corrected chi connectivity index (χ3v) is 11.8. The van der Waals surface area contributed by atoms with Crippen molar-refractivity contribution in [1.29, 1.82) is 0 Å². The molecule has 24 nitrogen and oxygen atoms in total. The van der Waals surface area contributed by atoms with Gasteiger partial charge in [-0.2, -0.15) is 4.31 Å². The van der Waals surface area contributed by atoms with Crippen LogP contribution in [0.5, 0.6) is 0 Å². The molecular weight excluding hydrogens is 855 g/mol. The zero-order chi connectivity index (χ0) is 43.3. The van der Waals surface area contributed by atoms with Crippen molar-refractivity contribution in [3.05, 3.63) is 49.1 Å². The molecule has 0 saturated carbocycles. The van der Waals surface area contributed by atoms with Crippen molar-refractivity contribution < 1.29 is 80.5 Å². The first-order chi connectivity index (χ1) is 27.1. The molecule has 1 aromatic carbocycles. The fourth-order valence-electron chi connectivity index (χ4n) is 4.78. The van der Waals surface area contributed by atoms with Gasteiger partial charge in [0, 0.05) is 37.1 Å². The maximum atomic E-state index is 12.6. The number of aliphatic hydroxyl groups excluding tert-OH is 2. The van der Waals surface area contributed by atoms with Gasteiger partial charge in [-0.3, -0.25) is 32.5 Å². The van der Waals surface area contributed by atoms with Crippen molar-refractivity contribution in [3.63, 3.8) is 0 Å². The van der Waals surface area contributed by atoms with Crippen LogP contribution in [0.3, 0.4) is 0 Å². The van der Waals surface area contributed by atoms with Gasteiger partial charge < -0.3 is 50.9 Å². The van der Waals surface area contributed by atoms with Gasteiger partial charge in [-0.1, -0.05) is 68.9 Å². The van der Waals surface area contributed by atoms with Crippen LogP contribution in [0.25, 0.3) is 11.2 Å². The van der Waals surface area contributed by atoms with Crippen LogP contribution in [-0.4, -0.2) is 123 Å². The highest BCUT2D eigenvalue weighted by atomic mass is 32.2. The predicted molar refractivity (Wildman–Crippen MR) is 204 cm³/mol. The summed E-state index contributed by atoms with van der Waals surface area (Å²) >= 11 is 1.07. The Hall–Kier alpha value is -3.22. The summed E-state index contributed by atoms with van der Waals surface area (Å²) in [6.07, 6.45) is -6.52. The maximum absolute atomic E-state index is 12.6. The number of phosphoric acid groups is 3. The van der Waals surface area contributed by atoms with Gasteiger partial charge in [-0.25, -0.2) is 28.6 Å². The summed E-state index contributed by atoms with van der Waals surface area (Å²) < 4.78 is 61.9. The quantitative estimate of drug-likeness (QED) is 0.0558. The van der Waals surface area contributed by atoms with E-state index >= 15 is 0 Å². The van der Waals surface area contributed by atoms with E-state index in [2.05, 4.69) is 34.4 Å². The van der Waals surface area contributed by atoms with Crippen molar-refractivity contribution in [1.82, 2.24) is 30.2 Å². The van der Waals surface area contributed by atoms with E-state index in [1.54, 1.807) is 6.92 Å². The average molecular weight is 902 g/mol. The lowest BCUT2D eigenvalue weighted by molar-refractivity contribution is -0.137. The number of nitrogen functional groups attached to an aromatic ring is 1. The Morgan fingerprint density at radius 3 is 2.21 bits per heavy atom. The SMILES string of the molecule is CCC(=O)SCCNC(=O)CCNC(=O)C(O)C(C)(C)COP(=O)(O)OP(=O)(O)OC[C@H]1O[C@@H](n2cnc3c(N)ncnc32)[C@H](O)[C@@H]1OP(=O)(O)O.c1ccccc1. The maximum Gasteiger partial charge on any atom is 0.481 e. The highest BCUT2D eigenvalue weighted by Gasteiger charge is 2.50. The number of benzene rings is 1. The molecule has 3 heterocycles. The smallest absolute Gasteiger partial charge is 0.386 e. The van der Waals surface area contributed by atoms with E-state index in [1.165, 1.54) is 13.8 Å². The first-order valence-electron chi connectivity index (χ1n) is 17.1. The van der Waals surface area contributed by atoms with E-state index in [9.17, 15) is 57.9 Å². The number of phosphoric ester groups is 3. The first kappa shape index (κ1) is 49.1. The van der Waals surface area contributed by atoms with Gasteiger partial charge in [0.15, 0.2) is 22.8 Å². The van der Waals surface area contributed by atoms with Crippen molar-refractivity contribution >= 4 is 69.1 Å². The van der Waals surface area contributed by atoms with E-state index < -0.39 is 84.6 Å². The molecule has 3 aromatic rings. The zero-order valence-electron chi connectivity index (χ0n) is 31.2. The number of ether oxygens (including phenoxy) is 1. The van der Waals surface area contributed by atoms with Crippen molar-refractivity contribution in [2.45, 2.75) is 64.3 Å². The Morgan fingerprint density at radius 1 is 0.983 bits per heavy atom. The van der Waals surface area contributed by atoms with E-state index in [0.29, 0.717) is 12.2 Å². The number of hydrogen-bond acceptors (Lipinski definition) is 18. The molecule has 28 heteroatoms. The second kappa shape index (κ2) is 21.9. The number of nitrogens with two attached hydrogens (primary N) is 1. The molecule has 0 spiro atoms. The molecule has 324 valence electrons. The predicted octanol–water partition coefficient (Wildman–Crippen LogP) is 0.761. The number of aromatic nitrogens is 4. The van der Waals surface area contributed by atoms with Crippen LogP contribution in [0.4, 0.5) is 5.82 Å². The highest BCUT2D eigenvalue weighted by Crippen LogP contribution is 2.61. The molecule has 3 unspecified atom stereocenters. The van der Waals surface area contributed by atoms with E-state index in [-0.39, 0.29) is 41.6 Å². The number of fused-ring (bicyclic) bond motifs is 1. The molecule has 1 fully saturated rings. The zero-order valence-corrected chi connectivity index (χ0v) is 34.7. The minimum absolute atomic E-state index is 0.0221. The highest BCUT2D eigenvalue weighted by molar-refractivity contribution is 8.13. The van der Waals surface area contributed by atoms with Gasteiger partial charge in [-0.05, 0) is 0 Å². The van der Waals surface area contributed by atoms with E-state index in [4.69, 9.17) is 19.5 Å². The number of hydrogen-bond donors (Lipinski definition) is 9. The molecule has 58 heavy (non-hydrogen) atoms. The average Bonchev–Trinajstić information content (AvgIpc) is 3.72. The molecule has 10 N–H and O–H groups in total. The molecule has 1 aliphatic rings. The Labute approximate surface area is 335 Å². The molecule has 0 radical (unpaired) electrons. The van der Waals surface area contributed by atoms with Crippen LogP contribution in [0.2, 0.25) is 0 Å². The summed E-state index contributed by atoms with van der Waals surface area (Å²) in [5.41, 5.74) is 4.26. The monoisotopic (exact) mass is 901 g/mol.